The van der Waals surface area contributed by atoms with Crippen molar-refractivity contribution in [1.29, 1.82) is 0 Å². The summed E-state index contributed by atoms with van der Waals surface area (Å²) in [5.74, 6) is 0.552. The molecule has 0 saturated heterocycles. The summed E-state index contributed by atoms with van der Waals surface area (Å²) in [6.07, 6.45) is 2.23. The molecule has 0 radical (unpaired) electrons. The summed E-state index contributed by atoms with van der Waals surface area (Å²) in [5, 5.41) is 0. The Kier molecular flexibility index (Phi) is 5.56. The maximum atomic E-state index is 6.20. The molecule has 0 spiro atoms. The number of anilines is 2. The first kappa shape index (κ1) is 18.8. The molecule has 0 saturated carbocycles. The Morgan fingerprint density at radius 3 is 2.35 bits per heavy atom. The molecule has 2 aromatic carbocycles. The fourth-order valence-corrected chi connectivity index (χ4v) is 4.09. The first-order valence-corrected chi connectivity index (χ1v) is 10.0. The molecule has 26 heavy (non-hydrogen) atoms. The summed E-state index contributed by atoms with van der Waals surface area (Å²) in [7, 11) is 2.00. The van der Waals surface area contributed by atoms with E-state index in [0.717, 1.165) is 47.0 Å². The van der Waals surface area contributed by atoms with Gasteiger partial charge in [0.1, 0.15) is 5.52 Å². The molecule has 0 atom stereocenters. The minimum absolute atomic E-state index is 0.552. The molecule has 0 aliphatic rings. The minimum atomic E-state index is 0.552. The van der Waals surface area contributed by atoms with Crippen molar-refractivity contribution in [3.63, 3.8) is 0 Å². The predicted molar refractivity (Wildman–Crippen MR) is 116 cm³/mol. The average molecular weight is 415 g/mol. The molecule has 2 N–H and O–H groups in total. The highest BCUT2D eigenvalue weighted by molar-refractivity contribution is 9.10. The number of rotatable bonds is 6. The number of imidazole rings is 1. The Morgan fingerprint density at radius 1 is 1.08 bits per heavy atom. The lowest BCUT2D eigenvalue weighted by Crippen LogP contribution is -2.25. The Labute approximate surface area is 164 Å². The molecule has 0 fully saturated rings. The molecule has 4 nitrogen and oxygen atoms in total. The van der Waals surface area contributed by atoms with E-state index in [0.29, 0.717) is 5.95 Å². The van der Waals surface area contributed by atoms with Crippen LogP contribution in [0.25, 0.3) is 22.2 Å². The van der Waals surface area contributed by atoms with Gasteiger partial charge >= 0.3 is 0 Å². The second-order valence-electron chi connectivity index (χ2n) is 6.80. The van der Waals surface area contributed by atoms with Gasteiger partial charge in [-0.2, -0.15) is 0 Å². The second-order valence-corrected chi connectivity index (χ2v) is 7.72. The van der Waals surface area contributed by atoms with E-state index in [4.69, 9.17) is 10.7 Å². The Morgan fingerprint density at radius 2 is 1.73 bits per heavy atom. The number of aromatic nitrogens is 2. The van der Waals surface area contributed by atoms with E-state index >= 15 is 0 Å². The third-order valence-corrected chi connectivity index (χ3v) is 5.33. The monoisotopic (exact) mass is 414 g/mol. The molecule has 5 heteroatoms. The van der Waals surface area contributed by atoms with Crippen LogP contribution in [-0.2, 0) is 7.05 Å². The van der Waals surface area contributed by atoms with Gasteiger partial charge in [0.05, 0.1) is 11.2 Å². The summed E-state index contributed by atoms with van der Waals surface area (Å²) in [6.45, 7) is 8.63. The third-order valence-electron chi connectivity index (χ3n) is 4.84. The first-order valence-electron chi connectivity index (χ1n) is 9.24. The topological polar surface area (TPSA) is 47.1 Å². The number of halogens is 1. The standard InChI is InChI=1S/C21H27BrN4/c1-5-11-26(12-6-2)18-10-9-17(16-8-7-15(22)13-14(16)3)19-20(18)25(4)21(23)24-19/h7-10,13H,5-6,11-12H2,1-4H3,(H2,23,24). The van der Waals surface area contributed by atoms with Gasteiger partial charge in [-0.1, -0.05) is 35.8 Å². The van der Waals surface area contributed by atoms with Crippen LogP contribution in [0, 0.1) is 6.92 Å². The van der Waals surface area contributed by atoms with Crippen molar-refractivity contribution in [1.82, 2.24) is 9.55 Å². The van der Waals surface area contributed by atoms with Gasteiger partial charge in [-0.15, -0.1) is 0 Å². The summed E-state index contributed by atoms with van der Waals surface area (Å²) >= 11 is 3.55. The predicted octanol–water partition coefficient (Wildman–Crippen LogP) is 5.52. The van der Waals surface area contributed by atoms with Crippen molar-refractivity contribution in [3.05, 3.63) is 40.4 Å². The lowest BCUT2D eigenvalue weighted by atomic mass is 9.98. The smallest absolute Gasteiger partial charge is 0.201 e. The van der Waals surface area contributed by atoms with Crippen LogP contribution < -0.4 is 10.6 Å². The van der Waals surface area contributed by atoms with Gasteiger partial charge in [-0.25, -0.2) is 4.98 Å². The second kappa shape index (κ2) is 7.70. The Balaban J connectivity index is 2.26. The molecule has 3 aromatic rings. The SMILES string of the molecule is CCCN(CCC)c1ccc(-c2ccc(Br)cc2C)c2nc(N)n(C)c12. The highest BCUT2D eigenvalue weighted by Gasteiger charge is 2.19. The molecular formula is C21H27BrN4. The van der Waals surface area contributed by atoms with Crippen LogP contribution in [0.4, 0.5) is 11.6 Å². The largest absolute Gasteiger partial charge is 0.370 e. The minimum Gasteiger partial charge on any atom is -0.370 e. The van der Waals surface area contributed by atoms with Crippen molar-refractivity contribution in [2.45, 2.75) is 33.6 Å². The summed E-state index contributed by atoms with van der Waals surface area (Å²) in [5.41, 5.74) is 13.1. The van der Waals surface area contributed by atoms with Crippen molar-refractivity contribution >= 4 is 38.6 Å². The summed E-state index contributed by atoms with van der Waals surface area (Å²) < 4.78 is 3.10. The van der Waals surface area contributed by atoms with E-state index < -0.39 is 0 Å². The van der Waals surface area contributed by atoms with Crippen LogP contribution in [0.3, 0.4) is 0 Å². The fourth-order valence-electron chi connectivity index (χ4n) is 3.61. The zero-order valence-electron chi connectivity index (χ0n) is 16.0. The van der Waals surface area contributed by atoms with Gasteiger partial charge in [0.15, 0.2) is 0 Å². The Hall–Kier alpha value is -2.01. The maximum absolute atomic E-state index is 6.20. The highest BCUT2D eigenvalue weighted by Crippen LogP contribution is 2.37. The van der Waals surface area contributed by atoms with Crippen LogP contribution in [0.15, 0.2) is 34.8 Å². The van der Waals surface area contributed by atoms with E-state index in [1.54, 1.807) is 0 Å². The lowest BCUT2D eigenvalue weighted by molar-refractivity contribution is 0.745. The number of hydrogen-bond acceptors (Lipinski definition) is 3. The number of benzene rings is 2. The quantitative estimate of drug-likeness (QED) is 0.577. The molecule has 1 aromatic heterocycles. The average Bonchev–Trinajstić information content (AvgIpc) is 2.90. The van der Waals surface area contributed by atoms with E-state index in [-0.39, 0.29) is 0 Å². The number of aryl methyl sites for hydroxylation is 2. The third kappa shape index (κ3) is 3.32. The number of nitrogens with zero attached hydrogens (tertiary/aromatic N) is 3. The van der Waals surface area contributed by atoms with Gasteiger partial charge in [-0.05, 0) is 55.2 Å². The number of hydrogen-bond donors (Lipinski definition) is 1. The fraction of sp³-hybridized carbons (Fsp3) is 0.381. The van der Waals surface area contributed by atoms with Crippen molar-refractivity contribution in [3.8, 4) is 11.1 Å². The zero-order chi connectivity index (χ0) is 18.8. The van der Waals surface area contributed by atoms with Crippen LogP contribution in [-0.4, -0.2) is 22.6 Å². The highest BCUT2D eigenvalue weighted by atomic mass is 79.9. The van der Waals surface area contributed by atoms with E-state index in [1.165, 1.54) is 16.8 Å². The number of nitrogen functional groups attached to an aromatic ring is 1. The van der Waals surface area contributed by atoms with E-state index in [9.17, 15) is 0 Å². The molecule has 0 aliphatic carbocycles. The van der Waals surface area contributed by atoms with Crippen LogP contribution >= 0.6 is 15.9 Å². The van der Waals surface area contributed by atoms with Crippen LogP contribution in [0.2, 0.25) is 0 Å². The maximum Gasteiger partial charge on any atom is 0.201 e. The molecule has 0 amide bonds. The summed E-state index contributed by atoms with van der Waals surface area (Å²) in [4.78, 5) is 7.16. The van der Waals surface area contributed by atoms with Gasteiger partial charge in [0, 0.05) is 30.2 Å². The molecule has 0 bridgehead atoms. The molecule has 138 valence electrons. The zero-order valence-corrected chi connectivity index (χ0v) is 17.6. The molecular weight excluding hydrogens is 388 g/mol. The first-order chi connectivity index (χ1) is 12.5. The van der Waals surface area contributed by atoms with Gasteiger partial charge < -0.3 is 15.2 Å². The number of nitrogens with two attached hydrogens (primary N) is 1. The molecule has 1 heterocycles. The van der Waals surface area contributed by atoms with Crippen molar-refractivity contribution in [2.75, 3.05) is 23.7 Å². The molecule has 0 unspecified atom stereocenters. The molecule has 3 rings (SSSR count). The number of fused-ring (bicyclic) bond motifs is 1. The van der Waals surface area contributed by atoms with Crippen LogP contribution in [0.1, 0.15) is 32.3 Å². The normalized spacial score (nSPS) is 11.3. The van der Waals surface area contributed by atoms with Gasteiger partial charge in [0.25, 0.3) is 0 Å². The van der Waals surface area contributed by atoms with Crippen LogP contribution in [0.5, 0.6) is 0 Å². The van der Waals surface area contributed by atoms with E-state index in [2.05, 4.69) is 71.9 Å². The van der Waals surface area contributed by atoms with Crippen molar-refractivity contribution < 1.29 is 0 Å². The van der Waals surface area contributed by atoms with Gasteiger partial charge in [-0.3, -0.25) is 0 Å². The van der Waals surface area contributed by atoms with Gasteiger partial charge in [0.2, 0.25) is 5.95 Å². The Bertz CT molecular complexity index is 923. The van der Waals surface area contributed by atoms with Crippen molar-refractivity contribution in [2.24, 2.45) is 7.05 Å². The summed E-state index contributed by atoms with van der Waals surface area (Å²) in [6, 6.07) is 10.8. The molecule has 0 aliphatic heterocycles. The lowest BCUT2D eigenvalue weighted by Gasteiger charge is -2.25. The van der Waals surface area contributed by atoms with E-state index in [1.807, 2.05) is 11.6 Å².